The molecule has 0 aliphatic carbocycles. The van der Waals surface area contributed by atoms with Crippen LogP contribution in [0, 0.1) is 11.3 Å². The molecule has 1 aromatic heterocycles. The van der Waals surface area contributed by atoms with Gasteiger partial charge in [0.15, 0.2) is 0 Å². The van der Waals surface area contributed by atoms with Gasteiger partial charge >= 0.3 is 0 Å². The van der Waals surface area contributed by atoms with Gasteiger partial charge in [-0.25, -0.2) is 0 Å². The number of halogens is 1. The second kappa shape index (κ2) is 9.38. The van der Waals surface area contributed by atoms with Crippen LogP contribution in [0.15, 0.2) is 46.4 Å². The number of rotatable bonds is 7. The van der Waals surface area contributed by atoms with Crippen molar-refractivity contribution < 1.29 is 9.53 Å². The number of hydrogen-bond acceptors (Lipinski definition) is 4. The molecule has 1 heterocycles. The van der Waals surface area contributed by atoms with E-state index in [1.54, 1.807) is 13.2 Å². The van der Waals surface area contributed by atoms with Gasteiger partial charge in [0, 0.05) is 40.1 Å². The highest BCUT2D eigenvalue weighted by molar-refractivity contribution is 9.10. The van der Waals surface area contributed by atoms with Crippen molar-refractivity contribution in [3.8, 4) is 16.5 Å². The van der Waals surface area contributed by atoms with Crippen molar-refractivity contribution in [3.63, 3.8) is 0 Å². The predicted octanol–water partition coefficient (Wildman–Crippen LogP) is 4.24. The molecule has 0 fully saturated rings. The number of nitrogens with one attached hydrogen (secondary N) is 1. The summed E-state index contributed by atoms with van der Waals surface area (Å²) in [6, 6.07) is 13.8. The van der Waals surface area contributed by atoms with E-state index in [0.29, 0.717) is 19.6 Å². The number of nitrogens with zero attached hydrogens (tertiary/aromatic N) is 1. The standard InChI is InChI=1S/C18H17BrN2O2S/c1-23-10-4-9-21-18(22)13(12-20)11-14-7-8-17(24-14)15-5-2-3-6-16(15)19/h2-3,5-8,11H,4,9-10H2,1H3,(H,21,22)/b13-11+. The Morgan fingerprint density at radius 1 is 1.38 bits per heavy atom. The molecule has 124 valence electrons. The Bertz CT molecular complexity index is 777. The molecule has 2 rings (SSSR count). The molecule has 1 N–H and O–H groups in total. The molecule has 0 spiro atoms. The van der Waals surface area contributed by atoms with E-state index in [4.69, 9.17) is 4.74 Å². The van der Waals surface area contributed by atoms with Crippen molar-refractivity contribution in [2.75, 3.05) is 20.3 Å². The number of hydrogen-bond donors (Lipinski definition) is 1. The Morgan fingerprint density at radius 3 is 2.88 bits per heavy atom. The summed E-state index contributed by atoms with van der Waals surface area (Å²) < 4.78 is 5.94. The van der Waals surface area contributed by atoms with Gasteiger partial charge in [-0.15, -0.1) is 11.3 Å². The molecule has 24 heavy (non-hydrogen) atoms. The Kier molecular flexibility index (Phi) is 7.19. The minimum atomic E-state index is -0.357. The summed E-state index contributed by atoms with van der Waals surface area (Å²) in [5, 5.41) is 11.9. The van der Waals surface area contributed by atoms with Crippen molar-refractivity contribution in [1.82, 2.24) is 5.32 Å². The van der Waals surface area contributed by atoms with E-state index in [1.807, 2.05) is 42.5 Å². The van der Waals surface area contributed by atoms with Gasteiger partial charge in [0.1, 0.15) is 11.6 Å². The smallest absolute Gasteiger partial charge is 0.261 e. The third kappa shape index (κ3) is 5.03. The minimum Gasteiger partial charge on any atom is -0.385 e. The van der Waals surface area contributed by atoms with Crippen LogP contribution in [0.2, 0.25) is 0 Å². The second-order valence-corrected chi connectivity index (χ2v) is 6.92. The van der Waals surface area contributed by atoms with Crippen LogP contribution >= 0.6 is 27.3 Å². The number of carbonyl (C=O) groups is 1. The first kappa shape index (κ1) is 18.4. The molecule has 0 bridgehead atoms. The Morgan fingerprint density at radius 2 is 2.17 bits per heavy atom. The van der Waals surface area contributed by atoms with Crippen LogP contribution in [0.1, 0.15) is 11.3 Å². The van der Waals surface area contributed by atoms with E-state index in [2.05, 4.69) is 21.2 Å². The normalized spacial score (nSPS) is 11.1. The molecule has 2 aromatic rings. The predicted molar refractivity (Wildman–Crippen MR) is 101 cm³/mol. The lowest BCUT2D eigenvalue weighted by Gasteiger charge is -2.03. The van der Waals surface area contributed by atoms with Crippen LogP contribution in [-0.2, 0) is 9.53 Å². The minimum absolute atomic E-state index is 0.105. The maximum Gasteiger partial charge on any atom is 0.261 e. The zero-order valence-corrected chi connectivity index (χ0v) is 15.6. The molecule has 4 nitrogen and oxygen atoms in total. The average molecular weight is 405 g/mol. The number of benzene rings is 1. The van der Waals surface area contributed by atoms with Gasteiger partial charge < -0.3 is 10.1 Å². The number of thiophene rings is 1. The zero-order chi connectivity index (χ0) is 17.4. The molecule has 0 radical (unpaired) electrons. The molecular formula is C18H17BrN2O2S. The third-order valence-corrected chi connectivity index (χ3v) is 4.99. The van der Waals surface area contributed by atoms with Crippen molar-refractivity contribution >= 4 is 39.2 Å². The zero-order valence-electron chi connectivity index (χ0n) is 13.2. The molecule has 0 aliphatic rings. The molecule has 1 amide bonds. The van der Waals surface area contributed by atoms with E-state index in [9.17, 15) is 10.1 Å². The van der Waals surface area contributed by atoms with E-state index in [0.717, 1.165) is 19.8 Å². The van der Waals surface area contributed by atoms with Crippen molar-refractivity contribution in [3.05, 3.63) is 51.3 Å². The fourth-order valence-corrected chi connectivity index (χ4v) is 3.66. The largest absolute Gasteiger partial charge is 0.385 e. The molecule has 0 saturated heterocycles. The average Bonchev–Trinajstić information content (AvgIpc) is 3.05. The van der Waals surface area contributed by atoms with Gasteiger partial charge in [-0.1, -0.05) is 34.1 Å². The number of ether oxygens (including phenoxy) is 1. The molecule has 1 aromatic carbocycles. The molecule has 0 saturated carbocycles. The highest BCUT2D eigenvalue weighted by Gasteiger charge is 2.10. The van der Waals surface area contributed by atoms with Crippen LogP contribution in [0.3, 0.4) is 0 Å². The summed E-state index contributed by atoms with van der Waals surface area (Å²) >= 11 is 5.07. The van der Waals surface area contributed by atoms with Crippen LogP contribution in [-0.4, -0.2) is 26.2 Å². The quantitative estimate of drug-likeness (QED) is 0.426. The van der Waals surface area contributed by atoms with Gasteiger partial charge in [-0.3, -0.25) is 4.79 Å². The number of amides is 1. The van der Waals surface area contributed by atoms with Gasteiger partial charge in [-0.05, 0) is 30.7 Å². The van der Waals surface area contributed by atoms with E-state index >= 15 is 0 Å². The van der Waals surface area contributed by atoms with Crippen molar-refractivity contribution in [2.24, 2.45) is 0 Å². The molecule has 0 unspecified atom stereocenters. The summed E-state index contributed by atoms with van der Waals surface area (Å²) in [4.78, 5) is 14.0. The Hall–Kier alpha value is -1.94. The number of nitriles is 1. The van der Waals surface area contributed by atoms with E-state index in [1.165, 1.54) is 11.3 Å². The highest BCUT2D eigenvalue weighted by Crippen LogP contribution is 2.34. The topological polar surface area (TPSA) is 62.1 Å². The third-order valence-electron chi connectivity index (χ3n) is 3.23. The lowest BCUT2D eigenvalue weighted by molar-refractivity contribution is -0.117. The molecule has 0 atom stereocenters. The number of carbonyl (C=O) groups excluding carboxylic acids is 1. The summed E-state index contributed by atoms with van der Waals surface area (Å²) in [7, 11) is 1.61. The van der Waals surface area contributed by atoms with Gasteiger partial charge in [-0.2, -0.15) is 5.26 Å². The maximum atomic E-state index is 12.0. The summed E-state index contributed by atoms with van der Waals surface area (Å²) in [6.45, 7) is 1.06. The van der Waals surface area contributed by atoms with Crippen LogP contribution < -0.4 is 5.32 Å². The van der Waals surface area contributed by atoms with Crippen LogP contribution in [0.4, 0.5) is 0 Å². The number of methoxy groups -OCH3 is 1. The van der Waals surface area contributed by atoms with Crippen molar-refractivity contribution in [1.29, 1.82) is 5.26 Å². The first-order valence-electron chi connectivity index (χ1n) is 7.39. The van der Waals surface area contributed by atoms with Crippen LogP contribution in [0.5, 0.6) is 0 Å². The van der Waals surface area contributed by atoms with E-state index < -0.39 is 0 Å². The highest BCUT2D eigenvalue weighted by atomic mass is 79.9. The maximum absolute atomic E-state index is 12.0. The molecule has 0 aliphatic heterocycles. The van der Waals surface area contributed by atoms with Gasteiger partial charge in [0.05, 0.1) is 0 Å². The van der Waals surface area contributed by atoms with Crippen LogP contribution in [0.25, 0.3) is 16.5 Å². The second-order valence-electron chi connectivity index (χ2n) is 4.95. The Labute approximate surface area is 153 Å². The Balaban J connectivity index is 2.11. The fourth-order valence-electron chi connectivity index (χ4n) is 2.04. The summed E-state index contributed by atoms with van der Waals surface area (Å²) in [6.07, 6.45) is 2.34. The molecular weight excluding hydrogens is 388 g/mol. The lowest BCUT2D eigenvalue weighted by atomic mass is 10.2. The van der Waals surface area contributed by atoms with Gasteiger partial charge in [0.2, 0.25) is 0 Å². The first-order chi connectivity index (χ1) is 11.7. The summed E-state index contributed by atoms with van der Waals surface area (Å²) in [5.41, 5.74) is 1.19. The SMILES string of the molecule is COCCCNC(=O)/C(C#N)=C/c1ccc(-c2ccccc2Br)s1. The lowest BCUT2D eigenvalue weighted by Crippen LogP contribution is -2.26. The molecule has 6 heteroatoms. The monoisotopic (exact) mass is 404 g/mol. The van der Waals surface area contributed by atoms with Gasteiger partial charge in [0.25, 0.3) is 5.91 Å². The summed E-state index contributed by atoms with van der Waals surface area (Å²) in [5.74, 6) is -0.357. The van der Waals surface area contributed by atoms with Crippen molar-refractivity contribution in [2.45, 2.75) is 6.42 Å². The first-order valence-corrected chi connectivity index (χ1v) is 9.00. The van der Waals surface area contributed by atoms with E-state index in [-0.39, 0.29) is 11.5 Å². The fraction of sp³-hybridized carbons (Fsp3) is 0.222.